The second kappa shape index (κ2) is 9.65. The maximum absolute atomic E-state index is 11.9. The molecule has 1 heterocycles. The maximum atomic E-state index is 11.9. The van der Waals surface area contributed by atoms with E-state index in [1.807, 2.05) is 0 Å². The zero-order valence-electron chi connectivity index (χ0n) is 14.2. The molecule has 1 saturated heterocycles. The first-order chi connectivity index (χ1) is 9.40. The summed E-state index contributed by atoms with van der Waals surface area (Å²) in [5.74, 6) is 0.796. The summed E-state index contributed by atoms with van der Waals surface area (Å²) in [6.07, 6.45) is 5.57. The molecule has 0 aromatic rings. The van der Waals surface area contributed by atoms with Crippen molar-refractivity contribution in [3.8, 4) is 0 Å². The zero-order valence-corrected chi connectivity index (χ0v) is 15.0. The molecule has 126 valence electrons. The normalized spacial score (nSPS) is 21.5. The number of halogens is 1. The Morgan fingerprint density at radius 2 is 2.10 bits per heavy atom. The van der Waals surface area contributed by atoms with Crippen molar-refractivity contribution in [2.45, 2.75) is 71.4 Å². The van der Waals surface area contributed by atoms with Crippen molar-refractivity contribution in [3.63, 3.8) is 0 Å². The molecule has 3 N–H and O–H groups in total. The van der Waals surface area contributed by atoms with Crippen molar-refractivity contribution in [2.75, 3.05) is 19.6 Å². The van der Waals surface area contributed by atoms with Crippen molar-refractivity contribution >= 4 is 18.3 Å². The van der Waals surface area contributed by atoms with Gasteiger partial charge in [0.1, 0.15) is 0 Å². The topological polar surface area (TPSA) is 58.4 Å². The minimum Gasteiger partial charge on any atom is -0.353 e. The van der Waals surface area contributed by atoms with Gasteiger partial charge in [-0.05, 0) is 45.6 Å². The smallest absolute Gasteiger partial charge is 0.236 e. The lowest BCUT2D eigenvalue weighted by Gasteiger charge is -2.43. The molecular formula is C16H34ClN3O. The van der Waals surface area contributed by atoms with Crippen LogP contribution in [-0.2, 0) is 4.79 Å². The predicted molar refractivity (Wildman–Crippen MR) is 91.8 cm³/mol. The SMILES string of the molecule is CCCC(N)C(=O)NCC(C)(C)N1CCCC(CC)C1.Cl. The van der Waals surface area contributed by atoms with Gasteiger partial charge in [-0.15, -0.1) is 12.4 Å². The highest BCUT2D eigenvalue weighted by atomic mass is 35.5. The number of piperidine rings is 1. The van der Waals surface area contributed by atoms with Crippen LogP contribution >= 0.6 is 12.4 Å². The monoisotopic (exact) mass is 319 g/mol. The molecule has 4 nitrogen and oxygen atoms in total. The summed E-state index contributed by atoms with van der Waals surface area (Å²) in [5.41, 5.74) is 5.86. The van der Waals surface area contributed by atoms with Gasteiger partial charge in [-0.1, -0.05) is 26.7 Å². The fraction of sp³-hybridized carbons (Fsp3) is 0.938. The van der Waals surface area contributed by atoms with E-state index in [1.54, 1.807) is 0 Å². The number of carbonyl (C=O) groups excluding carboxylic acids is 1. The lowest BCUT2D eigenvalue weighted by Crippen LogP contribution is -2.56. The first-order valence-electron chi connectivity index (χ1n) is 8.19. The van der Waals surface area contributed by atoms with E-state index in [1.165, 1.54) is 19.3 Å². The van der Waals surface area contributed by atoms with Crippen molar-refractivity contribution < 1.29 is 4.79 Å². The predicted octanol–water partition coefficient (Wildman–Crippen LogP) is 2.55. The number of amides is 1. The van der Waals surface area contributed by atoms with Gasteiger partial charge in [0.05, 0.1) is 6.04 Å². The standard InChI is InChI=1S/C16H33N3O.ClH/c1-5-8-14(17)15(20)18-12-16(3,4)19-10-7-9-13(6-2)11-19;/h13-14H,5-12,17H2,1-4H3,(H,18,20);1H. The van der Waals surface area contributed by atoms with Crippen LogP contribution < -0.4 is 11.1 Å². The van der Waals surface area contributed by atoms with Gasteiger partial charge in [-0.25, -0.2) is 0 Å². The molecule has 1 amide bonds. The highest BCUT2D eigenvalue weighted by molar-refractivity contribution is 5.85. The molecular weight excluding hydrogens is 286 g/mol. The molecule has 2 atom stereocenters. The summed E-state index contributed by atoms with van der Waals surface area (Å²) in [6, 6.07) is -0.361. The Balaban J connectivity index is 0.00000400. The molecule has 0 spiro atoms. The molecule has 1 rings (SSSR count). The second-order valence-corrected chi connectivity index (χ2v) is 6.79. The lowest BCUT2D eigenvalue weighted by atomic mass is 9.91. The van der Waals surface area contributed by atoms with E-state index in [0.717, 1.165) is 31.8 Å². The number of likely N-dealkylation sites (tertiary alicyclic amines) is 1. The molecule has 1 aliphatic heterocycles. The van der Waals surface area contributed by atoms with E-state index >= 15 is 0 Å². The van der Waals surface area contributed by atoms with Gasteiger partial charge in [0, 0.05) is 18.6 Å². The molecule has 0 bridgehead atoms. The Morgan fingerprint density at radius 3 is 2.67 bits per heavy atom. The van der Waals surface area contributed by atoms with Crippen molar-refractivity contribution in [1.29, 1.82) is 0 Å². The number of nitrogens with one attached hydrogen (secondary N) is 1. The van der Waals surface area contributed by atoms with Crippen LogP contribution in [-0.4, -0.2) is 42.0 Å². The summed E-state index contributed by atoms with van der Waals surface area (Å²) in [4.78, 5) is 14.5. The summed E-state index contributed by atoms with van der Waals surface area (Å²) >= 11 is 0. The lowest BCUT2D eigenvalue weighted by molar-refractivity contribution is -0.123. The Kier molecular flexibility index (Phi) is 9.50. The van der Waals surface area contributed by atoms with Crippen molar-refractivity contribution in [1.82, 2.24) is 10.2 Å². The second-order valence-electron chi connectivity index (χ2n) is 6.79. The third-order valence-electron chi connectivity index (χ3n) is 4.58. The molecule has 0 aliphatic carbocycles. The number of nitrogens with two attached hydrogens (primary N) is 1. The number of carbonyl (C=O) groups is 1. The van der Waals surface area contributed by atoms with Crippen LogP contribution in [0.5, 0.6) is 0 Å². The van der Waals surface area contributed by atoms with E-state index in [4.69, 9.17) is 5.73 Å². The van der Waals surface area contributed by atoms with Crippen molar-refractivity contribution in [3.05, 3.63) is 0 Å². The molecule has 21 heavy (non-hydrogen) atoms. The number of hydrogen-bond acceptors (Lipinski definition) is 3. The highest BCUT2D eigenvalue weighted by Gasteiger charge is 2.31. The van der Waals surface area contributed by atoms with E-state index in [-0.39, 0.29) is 29.9 Å². The number of rotatable bonds is 7. The molecule has 2 unspecified atom stereocenters. The Morgan fingerprint density at radius 1 is 1.43 bits per heavy atom. The minimum absolute atomic E-state index is 0. The third kappa shape index (κ3) is 6.54. The number of hydrogen-bond donors (Lipinski definition) is 2. The summed E-state index contributed by atoms with van der Waals surface area (Å²) in [5, 5.41) is 3.03. The fourth-order valence-electron chi connectivity index (χ4n) is 2.94. The average molecular weight is 320 g/mol. The maximum Gasteiger partial charge on any atom is 0.236 e. The summed E-state index contributed by atoms with van der Waals surface area (Å²) in [7, 11) is 0. The first kappa shape index (κ1) is 20.7. The van der Waals surface area contributed by atoms with Gasteiger partial charge in [0.25, 0.3) is 0 Å². The van der Waals surface area contributed by atoms with E-state index < -0.39 is 0 Å². The van der Waals surface area contributed by atoms with Crippen LogP contribution in [0.4, 0.5) is 0 Å². The molecule has 0 aromatic carbocycles. The van der Waals surface area contributed by atoms with Crippen LogP contribution in [0.25, 0.3) is 0 Å². The third-order valence-corrected chi connectivity index (χ3v) is 4.58. The molecule has 1 aliphatic rings. The van der Waals surface area contributed by atoms with Gasteiger partial charge >= 0.3 is 0 Å². The zero-order chi connectivity index (χ0) is 15.2. The van der Waals surface area contributed by atoms with E-state index in [0.29, 0.717) is 6.54 Å². The average Bonchev–Trinajstić information content (AvgIpc) is 2.45. The summed E-state index contributed by atoms with van der Waals surface area (Å²) < 4.78 is 0. The first-order valence-corrected chi connectivity index (χ1v) is 8.19. The molecule has 0 aromatic heterocycles. The highest BCUT2D eigenvalue weighted by Crippen LogP contribution is 2.25. The quantitative estimate of drug-likeness (QED) is 0.758. The van der Waals surface area contributed by atoms with Crippen LogP contribution in [0.3, 0.4) is 0 Å². The molecule has 0 radical (unpaired) electrons. The fourth-order valence-corrected chi connectivity index (χ4v) is 2.94. The Labute approximate surface area is 136 Å². The molecule has 0 saturated carbocycles. The van der Waals surface area contributed by atoms with Crippen LogP contribution in [0, 0.1) is 5.92 Å². The van der Waals surface area contributed by atoms with Crippen LogP contribution in [0.2, 0.25) is 0 Å². The van der Waals surface area contributed by atoms with E-state index in [2.05, 4.69) is 37.9 Å². The largest absolute Gasteiger partial charge is 0.353 e. The Bertz CT molecular complexity index is 310. The van der Waals surface area contributed by atoms with E-state index in [9.17, 15) is 4.79 Å². The number of nitrogens with zero attached hydrogens (tertiary/aromatic N) is 1. The molecule has 1 fully saturated rings. The van der Waals surface area contributed by atoms with Gasteiger partial charge in [-0.3, -0.25) is 9.69 Å². The van der Waals surface area contributed by atoms with Crippen LogP contribution in [0.15, 0.2) is 0 Å². The van der Waals surface area contributed by atoms with Crippen molar-refractivity contribution in [2.24, 2.45) is 11.7 Å². The minimum atomic E-state index is -0.361. The van der Waals surface area contributed by atoms with Gasteiger partial charge in [0.15, 0.2) is 0 Å². The van der Waals surface area contributed by atoms with Gasteiger partial charge < -0.3 is 11.1 Å². The summed E-state index contributed by atoms with van der Waals surface area (Å²) in [6.45, 7) is 11.7. The van der Waals surface area contributed by atoms with Gasteiger partial charge in [-0.2, -0.15) is 0 Å². The van der Waals surface area contributed by atoms with Gasteiger partial charge in [0.2, 0.25) is 5.91 Å². The molecule has 5 heteroatoms. The van der Waals surface area contributed by atoms with Crippen LogP contribution in [0.1, 0.15) is 59.8 Å². The Hall–Kier alpha value is -0.320.